The van der Waals surface area contributed by atoms with Crippen LogP contribution in [0.5, 0.6) is 0 Å². The van der Waals surface area contributed by atoms with E-state index >= 15 is 0 Å². The first-order chi connectivity index (χ1) is 12.6. The SMILES string of the molecule is CCc1ccccc1NC(=O)CNC(=O)c1cc(C)nc2ccccc12. The lowest BCUT2D eigenvalue weighted by molar-refractivity contribution is -0.115. The Morgan fingerprint density at radius 2 is 1.77 bits per heavy atom. The molecule has 0 fully saturated rings. The summed E-state index contributed by atoms with van der Waals surface area (Å²) in [5.74, 6) is -0.542. The summed E-state index contributed by atoms with van der Waals surface area (Å²) < 4.78 is 0. The van der Waals surface area contributed by atoms with Crippen molar-refractivity contribution in [1.82, 2.24) is 10.3 Å². The number of benzene rings is 2. The van der Waals surface area contributed by atoms with E-state index < -0.39 is 0 Å². The number of pyridine rings is 1. The van der Waals surface area contributed by atoms with Crippen molar-refractivity contribution < 1.29 is 9.59 Å². The zero-order valence-corrected chi connectivity index (χ0v) is 14.9. The highest BCUT2D eigenvalue weighted by Gasteiger charge is 2.13. The average molecular weight is 347 g/mol. The van der Waals surface area contributed by atoms with Crippen molar-refractivity contribution in [2.24, 2.45) is 0 Å². The molecule has 1 aromatic heterocycles. The molecule has 2 N–H and O–H groups in total. The van der Waals surface area contributed by atoms with E-state index in [1.54, 1.807) is 6.07 Å². The van der Waals surface area contributed by atoms with Crippen LogP contribution in [-0.4, -0.2) is 23.3 Å². The molecule has 0 aliphatic heterocycles. The predicted octanol–water partition coefficient (Wildman–Crippen LogP) is 3.47. The number of para-hydroxylation sites is 2. The van der Waals surface area contributed by atoms with Gasteiger partial charge in [0.25, 0.3) is 5.91 Å². The molecule has 0 spiro atoms. The van der Waals surface area contributed by atoms with Gasteiger partial charge in [-0.1, -0.05) is 43.3 Å². The van der Waals surface area contributed by atoms with Gasteiger partial charge in [-0.3, -0.25) is 14.6 Å². The van der Waals surface area contributed by atoms with Gasteiger partial charge in [-0.2, -0.15) is 0 Å². The summed E-state index contributed by atoms with van der Waals surface area (Å²) in [7, 11) is 0. The second-order valence-corrected chi connectivity index (χ2v) is 6.07. The maximum atomic E-state index is 12.6. The molecule has 26 heavy (non-hydrogen) atoms. The normalized spacial score (nSPS) is 10.5. The number of rotatable bonds is 5. The Kier molecular flexibility index (Phi) is 5.27. The number of aromatic nitrogens is 1. The van der Waals surface area contributed by atoms with Gasteiger partial charge in [0.2, 0.25) is 5.91 Å². The van der Waals surface area contributed by atoms with Gasteiger partial charge in [-0.15, -0.1) is 0 Å². The lowest BCUT2D eigenvalue weighted by Crippen LogP contribution is -2.33. The summed E-state index contributed by atoms with van der Waals surface area (Å²) in [6.45, 7) is 3.79. The largest absolute Gasteiger partial charge is 0.343 e. The number of hydrogen-bond donors (Lipinski definition) is 2. The lowest BCUT2D eigenvalue weighted by atomic mass is 10.1. The summed E-state index contributed by atoms with van der Waals surface area (Å²) in [6.07, 6.45) is 0.824. The number of carbonyl (C=O) groups excluding carboxylic acids is 2. The van der Waals surface area contributed by atoms with E-state index in [1.165, 1.54) is 0 Å². The molecular formula is C21H21N3O2. The number of hydrogen-bond acceptors (Lipinski definition) is 3. The van der Waals surface area contributed by atoms with Crippen LogP contribution in [0, 0.1) is 6.92 Å². The topological polar surface area (TPSA) is 71.1 Å². The van der Waals surface area contributed by atoms with Gasteiger partial charge in [0.1, 0.15) is 0 Å². The average Bonchev–Trinajstić information content (AvgIpc) is 2.65. The zero-order valence-electron chi connectivity index (χ0n) is 14.9. The van der Waals surface area contributed by atoms with Crippen LogP contribution >= 0.6 is 0 Å². The van der Waals surface area contributed by atoms with Gasteiger partial charge in [0.15, 0.2) is 0 Å². The number of anilines is 1. The fourth-order valence-electron chi connectivity index (χ4n) is 2.90. The molecule has 132 valence electrons. The van der Waals surface area contributed by atoms with Crippen LogP contribution in [0.15, 0.2) is 54.6 Å². The van der Waals surface area contributed by atoms with Crippen molar-refractivity contribution in [1.29, 1.82) is 0 Å². The minimum atomic E-state index is -0.286. The van der Waals surface area contributed by atoms with Crippen LogP contribution in [-0.2, 0) is 11.2 Å². The van der Waals surface area contributed by atoms with E-state index in [4.69, 9.17) is 0 Å². The Hall–Kier alpha value is -3.21. The molecule has 3 rings (SSSR count). The minimum Gasteiger partial charge on any atom is -0.343 e. The smallest absolute Gasteiger partial charge is 0.252 e. The van der Waals surface area contributed by atoms with Gasteiger partial charge in [-0.05, 0) is 37.1 Å². The van der Waals surface area contributed by atoms with Gasteiger partial charge < -0.3 is 10.6 Å². The molecule has 0 atom stereocenters. The molecule has 1 heterocycles. The fraction of sp³-hybridized carbons (Fsp3) is 0.190. The first-order valence-corrected chi connectivity index (χ1v) is 8.61. The van der Waals surface area contributed by atoms with Crippen LogP contribution in [0.3, 0.4) is 0 Å². The van der Waals surface area contributed by atoms with Crippen molar-refractivity contribution in [3.8, 4) is 0 Å². The van der Waals surface area contributed by atoms with Gasteiger partial charge in [-0.25, -0.2) is 0 Å². The van der Waals surface area contributed by atoms with Crippen molar-refractivity contribution in [2.45, 2.75) is 20.3 Å². The number of aryl methyl sites for hydroxylation is 2. The Bertz CT molecular complexity index is 966. The number of carbonyl (C=O) groups is 2. The number of amides is 2. The molecule has 2 aromatic carbocycles. The number of fused-ring (bicyclic) bond motifs is 1. The Morgan fingerprint density at radius 1 is 1.04 bits per heavy atom. The molecule has 3 aromatic rings. The zero-order chi connectivity index (χ0) is 18.5. The highest BCUT2D eigenvalue weighted by molar-refractivity contribution is 6.07. The van der Waals surface area contributed by atoms with Crippen molar-refractivity contribution >= 4 is 28.4 Å². The highest BCUT2D eigenvalue weighted by Crippen LogP contribution is 2.18. The van der Waals surface area contributed by atoms with Gasteiger partial charge in [0.05, 0.1) is 17.6 Å². The molecule has 0 bridgehead atoms. The summed E-state index contributed by atoms with van der Waals surface area (Å²) in [5, 5.41) is 6.32. The van der Waals surface area contributed by atoms with E-state index in [-0.39, 0.29) is 18.4 Å². The third kappa shape index (κ3) is 3.88. The Labute approximate surface area is 152 Å². The molecule has 0 saturated heterocycles. The standard InChI is InChI=1S/C21H21N3O2/c1-3-15-8-4-6-10-18(15)24-20(25)13-22-21(26)17-12-14(2)23-19-11-7-5-9-16(17)19/h4-12H,3,13H2,1-2H3,(H,22,26)(H,24,25). The summed E-state index contributed by atoms with van der Waals surface area (Å²) in [6, 6.07) is 16.9. The molecule has 2 amide bonds. The maximum Gasteiger partial charge on any atom is 0.252 e. The molecular weight excluding hydrogens is 326 g/mol. The number of nitrogens with zero attached hydrogens (tertiary/aromatic N) is 1. The third-order valence-electron chi connectivity index (χ3n) is 4.17. The predicted molar refractivity (Wildman–Crippen MR) is 103 cm³/mol. The Morgan fingerprint density at radius 3 is 2.58 bits per heavy atom. The summed E-state index contributed by atoms with van der Waals surface area (Å²) in [4.78, 5) is 29.2. The first kappa shape index (κ1) is 17.6. The molecule has 0 aliphatic rings. The molecule has 0 aliphatic carbocycles. The highest BCUT2D eigenvalue weighted by atomic mass is 16.2. The van der Waals surface area contributed by atoms with E-state index in [0.29, 0.717) is 5.56 Å². The molecule has 0 saturated carbocycles. The van der Waals surface area contributed by atoms with Crippen LogP contribution in [0.4, 0.5) is 5.69 Å². The second-order valence-electron chi connectivity index (χ2n) is 6.07. The van der Waals surface area contributed by atoms with Crippen LogP contribution in [0.2, 0.25) is 0 Å². The van der Waals surface area contributed by atoms with Crippen LogP contribution in [0.1, 0.15) is 28.5 Å². The monoisotopic (exact) mass is 347 g/mol. The Balaban J connectivity index is 1.70. The lowest BCUT2D eigenvalue weighted by Gasteiger charge is -2.11. The molecule has 5 heteroatoms. The summed E-state index contributed by atoms with van der Waals surface area (Å²) in [5.41, 5.74) is 3.88. The van der Waals surface area contributed by atoms with Crippen LogP contribution < -0.4 is 10.6 Å². The third-order valence-corrected chi connectivity index (χ3v) is 4.17. The molecule has 5 nitrogen and oxygen atoms in total. The van der Waals surface area contributed by atoms with Crippen molar-refractivity contribution in [3.05, 3.63) is 71.4 Å². The second kappa shape index (κ2) is 7.78. The van der Waals surface area contributed by atoms with Gasteiger partial charge in [0, 0.05) is 16.8 Å². The first-order valence-electron chi connectivity index (χ1n) is 8.61. The quantitative estimate of drug-likeness (QED) is 0.742. The van der Waals surface area contributed by atoms with Crippen molar-refractivity contribution in [3.63, 3.8) is 0 Å². The number of nitrogens with one attached hydrogen (secondary N) is 2. The minimum absolute atomic E-state index is 0.0907. The maximum absolute atomic E-state index is 12.6. The van der Waals surface area contributed by atoms with E-state index in [9.17, 15) is 9.59 Å². The summed E-state index contributed by atoms with van der Waals surface area (Å²) >= 11 is 0. The molecule has 0 radical (unpaired) electrons. The fourth-order valence-corrected chi connectivity index (χ4v) is 2.90. The van der Waals surface area contributed by atoms with E-state index in [1.807, 2.05) is 62.4 Å². The van der Waals surface area contributed by atoms with E-state index in [2.05, 4.69) is 15.6 Å². The van der Waals surface area contributed by atoms with E-state index in [0.717, 1.165) is 34.3 Å². The van der Waals surface area contributed by atoms with Gasteiger partial charge >= 0.3 is 0 Å². The molecule has 0 unspecified atom stereocenters. The van der Waals surface area contributed by atoms with Crippen LogP contribution in [0.25, 0.3) is 10.9 Å². The van der Waals surface area contributed by atoms with Crippen molar-refractivity contribution in [2.75, 3.05) is 11.9 Å².